The van der Waals surface area contributed by atoms with E-state index in [0.717, 1.165) is 19.3 Å². The zero-order valence-electron chi connectivity index (χ0n) is 7.24. The molecule has 0 amide bonds. The molecule has 3 nitrogen and oxygen atoms in total. The molecule has 0 aliphatic heterocycles. The van der Waals surface area contributed by atoms with E-state index in [9.17, 15) is 9.90 Å². The van der Waals surface area contributed by atoms with E-state index in [1.54, 1.807) is 0 Å². The molecule has 0 heterocycles. The standard InChI is InChI=1S/C9H13ClO3/c10-8-5-1-2-6(3-5)9(8,13)4-7(11)12/h5-6,8,13H,1-4H2,(H,11,12). The molecule has 0 aromatic heterocycles. The number of fused-ring (bicyclic) bond motifs is 2. The minimum atomic E-state index is -1.14. The van der Waals surface area contributed by atoms with Crippen molar-refractivity contribution in [1.82, 2.24) is 0 Å². The molecule has 2 saturated carbocycles. The number of hydrogen-bond donors (Lipinski definition) is 2. The Morgan fingerprint density at radius 2 is 2.23 bits per heavy atom. The number of carboxylic acids is 1. The van der Waals surface area contributed by atoms with Crippen molar-refractivity contribution in [2.24, 2.45) is 11.8 Å². The lowest BCUT2D eigenvalue weighted by molar-refractivity contribution is -0.144. The van der Waals surface area contributed by atoms with Crippen molar-refractivity contribution in [1.29, 1.82) is 0 Å². The summed E-state index contributed by atoms with van der Waals surface area (Å²) >= 11 is 6.05. The number of carboxylic acid groups (broad SMARTS) is 1. The van der Waals surface area contributed by atoms with Crippen LogP contribution in [0.15, 0.2) is 0 Å². The van der Waals surface area contributed by atoms with Crippen LogP contribution in [0.4, 0.5) is 0 Å². The second kappa shape index (κ2) is 2.85. The van der Waals surface area contributed by atoms with Crippen molar-refractivity contribution < 1.29 is 15.0 Å². The van der Waals surface area contributed by atoms with Gasteiger partial charge in [-0.2, -0.15) is 0 Å². The zero-order valence-corrected chi connectivity index (χ0v) is 8.00. The first-order valence-electron chi connectivity index (χ1n) is 4.62. The normalized spacial score (nSPS) is 48.3. The second-order valence-electron chi connectivity index (χ2n) is 4.23. The molecule has 4 unspecified atom stereocenters. The van der Waals surface area contributed by atoms with Gasteiger partial charge in [-0.1, -0.05) is 0 Å². The molecule has 2 rings (SSSR count). The largest absolute Gasteiger partial charge is 0.481 e. The van der Waals surface area contributed by atoms with Crippen LogP contribution in [0.1, 0.15) is 25.7 Å². The Bertz CT molecular complexity index is 239. The van der Waals surface area contributed by atoms with E-state index in [4.69, 9.17) is 16.7 Å². The van der Waals surface area contributed by atoms with Crippen molar-refractivity contribution in [3.05, 3.63) is 0 Å². The van der Waals surface area contributed by atoms with Gasteiger partial charge in [-0.05, 0) is 31.1 Å². The van der Waals surface area contributed by atoms with E-state index in [-0.39, 0.29) is 17.7 Å². The third-order valence-electron chi connectivity index (χ3n) is 3.51. The van der Waals surface area contributed by atoms with Gasteiger partial charge in [0.05, 0.1) is 17.4 Å². The van der Waals surface area contributed by atoms with Crippen LogP contribution in [0.5, 0.6) is 0 Å². The molecule has 13 heavy (non-hydrogen) atoms. The average molecular weight is 205 g/mol. The molecule has 0 spiro atoms. The quantitative estimate of drug-likeness (QED) is 0.666. The lowest BCUT2D eigenvalue weighted by Crippen LogP contribution is -2.46. The Morgan fingerprint density at radius 3 is 2.69 bits per heavy atom. The Balaban J connectivity index is 2.17. The van der Waals surface area contributed by atoms with Gasteiger partial charge >= 0.3 is 5.97 Å². The van der Waals surface area contributed by atoms with E-state index in [1.807, 2.05) is 0 Å². The Kier molecular flexibility index (Phi) is 2.04. The van der Waals surface area contributed by atoms with Crippen molar-refractivity contribution in [2.45, 2.75) is 36.7 Å². The van der Waals surface area contributed by atoms with Gasteiger partial charge < -0.3 is 10.2 Å². The molecule has 0 aromatic rings. The van der Waals surface area contributed by atoms with E-state index >= 15 is 0 Å². The number of alkyl halides is 1. The van der Waals surface area contributed by atoms with Crippen molar-refractivity contribution in [3.8, 4) is 0 Å². The van der Waals surface area contributed by atoms with Crippen LogP contribution >= 0.6 is 11.6 Å². The van der Waals surface area contributed by atoms with Gasteiger partial charge in [0.15, 0.2) is 0 Å². The Hall–Kier alpha value is -0.280. The first-order chi connectivity index (χ1) is 6.04. The third-order valence-corrected chi connectivity index (χ3v) is 4.24. The number of carbonyl (C=O) groups is 1. The van der Waals surface area contributed by atoms with Gasteiger partial charge in [-0.3, -0.25) is 4.79 Å². The highest BCUT2D eigenvalue weighted by Gasteiger charge is 2.57. The average Bonchev–Trinajstić information content (AvgIpc) is 2.54. The number of aliphatic hydroxyl groups is 1. The van der Waals surface area contributed by atoms with Crippen molar-refractivity contribution in [2.75, 3.05) is 0 Å². The van der Waals surface area contributed by atoms with Crippen LogP contribution in [0.25, 0.3) is 0 Å². The van der Waals surface area contributed by atoms with Gasteiger partial charge in [-0.15, -0.1) is 11.6 Å². The van der Waals surface area contributed by atoms with E-state index in [1.165, 1.54) is 0 Å². The summed E-state index contributed by atoms with van der Waals surface area (Å²) in [6.07, 6.45) is 2.67. The van der Waals surface area contributed by atoms with Crippen LogP contribution in [-0.2, 0) is 4.79 Å². The summed E-state index contributed by atoms with van der Waals surface area (Å²) in [4.78, 5) is 10.6. The SMILES string of the molecule is O=C(O)CC1(O)C2CCC(C2)C1Cl. The summed E-state index contributed by atoms with van der Waals surface area (Å²) in [5, 5.41) is 18.4. The highest BCUT2D eigenvalue weighted by Crippen LogP contribution is 2.54. The summed E-state index contributed by atoms with van der Waals surface area (Å²) in [6.45, 7) is 0. The van der Waals surface area contributed by atoms with Gasteiger partial charge in [0.25, 0.3) is 0 Å². The molecular formula is C9H13ClO3. The van der Waals surface area contributed by atoms with Crippen molar-refractivity contribution in [3.63, 3.8) is 0 Å². The summed E-state index contributed by atoms with van der Waals surface area (Å²) in [6, 6.07) is 0. The van der Waals surface area contributed by atoms with Crippen LogP contribution in [0.2, 0.25) is 0 Å². The molecule has 4 heteroatoms. The number of rotatable bonds is 2. The summed E-state index contributed by atoms with van der Waals surface area (Å²) in [7, 11) is 0. The van der Waals surface area contributed by atoms with Gasteiger partial charge in [0.1, 0.15) is 0 Å². The summed E-state index contributed by atoms with van der Waals surface area (Å²) in [5.41, 5.74) is -1.14. The molecule has 0 saturated heterocycles. The molecular weight excluding hydrogens is 192 g/mol. The first kappa shape index (κ1) is 9.28. The topological polar surface area (TPSA) is 57.5 Å². The Morgan fingerprint density at radius 1 is 1.54 bits per heavy atom. The molecule has 0 aromatic carbocycles. The van der Waals surface area contributed by atoms with Crippen molar-refractivity contribution >= 4 is 17.6 Å². The molecule has 2 aliphatic carbocycles. The van der Waals surface area contributed by atoms with E-state index in [2.05, 4.69) is 0 Å². The van der Waals surface area contributed by atoms with E-state index in [0.29, 0.717) is 5.92 Å². The fourth-order valence-corrected chi connectivity index (χ4v) is 3.34. The van der Waals surface area contributed by atoms with Crippen LogP contribution in [0.3, 0.4) is 0 Å². The fourth-order valence-electron chi connectivity index (χ4n) is 2.85. The monoisotopic (exact) mass is 204 g/mol. The van der Waals surface area contributed by atoms with Crippen LogP contribution in [0, 0.1) is 11.8 Å². The van der Waals surface area contributed by atoms with Crippen LogP contribution < -0.4 is 0 Å². The molecule has 0 radical (unpaired) electrons. The smallest absolute Gasteiger partial charge is 0.306 e. The maximum atomic E-state index is 10.6. The molecule has 2 N–H and O–H groups in total. The number of hydrogen-bond acceptors (Lipinski definition) is 2. The lowest BCUT2D eigenvalue weighted by atomic mass is 9.81. The Labute approximate surface area is 81.7 Å². The first-order valence-corrected chi connectivity index (χ1v) is 5.06. The zero-order chi connectivity index (χ0) is 9.64. The molecule has 2 aliphatic rings. The van der Waals surface area contributed by atoms with Gasteiger partial charge in [-0.25, -0.2) is 0 Å². The molecule has 4 atom stereocenters. The molecule has 74 valence electrons. The maximum Gasteiger partial charge on any atom is 0.306 e. The molecule has 2 fully saturated rings. The lowest BCUT2D eigenvalue weighted by Gasteiger charge is -2.35. The number of aliphatic carboxylic acids is 1. The maximum absolute atomic E-state index is 10.6. The minimum absolute atomic E-state index is 0.107. The van der Waals surface area contributed by atoms with Crippen LogP contribution in [-0.4, -0.2) is 27.2 Å². The molecule has 2 bridgehead atoms. The van der Waals surface area contributed by atoms with Gasteiger partial charge in [0, 0.05) is 0 Å². The third kappa shape index (κ3) is 1.25. The highest BCUT2D eigenvalue weighted by molar-refractivity contribution is 6.22. The minimum Gasteiger partial charge on any atom is -0.481 e. The predicted molar refractivity (Wildman–Crippen MR) is 47.7 cm³/mol. The summed E-state index contributed by atoms with van der Waals surface area (Å²) in [5.74, 6) is -0.521. The highest BCUT2D eigenvalue weighted by atomic mass is 35.5. The van der Waals surface area contributed by atoms with Gasteiger partial charge in [0.2, 0.25) is 0 Å². The predicted octanol–water partition coefficient (Wildman–Crippen LogP) is 1.23. The second-order valence-corrected chi connectivity index (χ2v) is 4.70. The summed E-state index contributed by atoms with van der Waals surface area (Å²) < 4.78 is 0. The van der Waals surface area contributed by atoms with E-state index < -0.39 is 11.6 Å². The number of halogens is 1. The fraction of sp³-hybridized carbons (Fsp3) is 0.889.